The zero-order chi connectivity index (χ0) is 37.9. The number of rotatable bonds is 4. The van der Waals surface area contributed by atoms with Gasteiger partial charge in [0.25, 0.3) is 0 Å². The van der Waals surface area contributed by atoms with Crippen molar-refractivity contribution in [1.29, 1.82) is 0 Å². The zero-order valence-corrected chi connectivity index (χ0v) is 32.1. The lowest BCUT2D eigenvalue weighted by atomic mass is 10.0. The van der Waals surface area contributed by atoms with Crippen molar-refractivity contribution in [1.82, 2.24) is 13.7 Å². The van der Waals surface area contributed by atoms with Crippen LogP contribution >= 0.6 is 11.8 Å². The minimum absolute atomic E-state index is 1.15. The van der Waals surface area contributed by atoms with Crippen LogP contribution < -0.4 is 0 Å². The van der Waals surface area contributed by atoms with Gasteiger partial charge in [-0.05, 0) is 95.6 Å². The van der Waals surface area contributed by atoms with E-state index in [4.69, 9.17) is 0 Å². The van der Waals surface area contributed by atoms with Crippen LogP contribution in [0, 0.1) is 0 Å². The van der Waals surface area contributed by atoms with E-state index < -0.39 is 0 Å². The zero-order valence-electron chi connectivity index (χ0n) is 31.3. The Bertz CT molecular complexity index is 3640. The summed E-state index contributed by atoms with van der Waals surface area (Å²) >= 11 is 1.87. The maximum absolute atomic E-state index is 2.50. The molecule has 0 N–H and O–H groups in total. The normalized spacial score (nSPS) is 12.4. The van der Waals surface area contributed by atoms with Gasteiger partial charge in [0.15, 0.2) is 0 Å². The van der Waals surface area contributed by atoms with Crippen LogP contribution in [0.5, 0.6) is 0 Å². The van der Waals surface area contributed by atoms with Crippen molar-refractivity contribution >= 4 is 77.2 Å². The molecule has 0 saturated carbocycles. The van der Waals surface area contributed by atoms with Gasteiger partial charge in [-0.2, -0.15) is 0 Å². The molecule has 4 heteroatoms. The minimum Gasteiger partial charge on any atom is -0.309 e. The highest BCUT2D eigenvalue weighted by molar-refractivity contribution is 7.99. The second kappa shape index (κ2) is 12.1. The van der Waals surface area contributed by atoms with Crippen molar-refractivity contribution in [2.45, 2.75) is 9.79 Å². The molecule has 0 atom stereocenters. The number of hydrogen-bond acceptors (Lipinski definition) is 1. The van der Waals surface area contributed by atoms with Gasteiger partial charge in [-0.1, -0.05) is 133 Å². The molecule has 0 radical (unpaired) electrons. The summed E-state index contributed by atoms with van der Waals surface area (Å²) in [6, 6.07) is 73.6. The van der Waals surface area contributed by atoms with Crippen molar-refractivity contribution in [3.63, 3.8) is 0 Å². The van der Waals surface area contributed by atoms with Gasteiger partial charge in [-0.25, -0.2) is 0 Å². The highest BCUT2D eigenvalue weighted by Crippen LogP contribution is 2.48. The lowest BCUT2D eigenvalue weighted by Gasteiger charge is -2.20. The quantitative estimate of drug-likeness (QED) is 0.175. The molecule has 0 saturated heterocycles. The highest BCUT2D eigenvalue weighted by Gasteiger charge is 2.24. The van der Waals surface area contributed by atoms with Crippen LogP contribution in [0.1, 0.15) is 0 Å². The highest BCUT2D eigenvalue weighted by atomic mass is 32.2. The number of hydrogen-bond donors (Lipinski definition) is 0. The van der Waals surface area contributed by atoms with Crippen LogP contribution in [0.25, 0.3) is 105 Å². The van der Waals surface area contributed by atoms with Crippen molar-refractivity contribution in [3.05, 3.63) is 200 Å². The smallest absolute Gasteiger partial charge is 0.0681 e. The molecule has 3 aromatic heterocycles. The van der Waals surface area contributed by atoms with Crippen LogP contribution in [0.4, 0.5) is 0 Å². The molecule has 4 heterocycles. The van der Waals surface area contributed by atoms with Crippen molar-refractivity contribution in [2.24, 2.45) is 0 Å². The number of nitrogens with zero attached hydrogens (tertiary/aromatic N) is 3. The van der Waals surface area contributed by atoms with E-state index in [0.29, 0.717) is 0 Å². The number of benzene rings is 9. The van der Waals surface area contributed by atoms with Gasteiger partial charge in [-0.3, -0.25) is 0 Å². The van der Waals surface area contributed by atoms with Crippen molar-refractivity contribution < 1.29 is 0 Å². The van der Waals surface area contributed by atoms with Gasteiger partial charge in [0.05, 0.1) is 38.8 Å². The largest absolute Gasteiger partial charge is 0.309 e. The van der Waals surface area contributed by atoms with Crippen molar-refractivity contribution in [2.75, 3.05) is 0 Å². The Morgan fingerprint density at radius 3 is 1.48 bits per heavy atom. The molecule has 13 rings (SSSR count). The Labute approximate surface area is 338 Å². The molecule has 0 bridgehead atoms. The lowest BCUT2D eigenvalue weighted by Crippen LogP contribution is -2.02. The molecule has 0 aliphatic carbocycles. The number of fused-ring (bicyclic) bond motifs is 11. The summed E-state index contributed by atoms with van der Waals surface area (Å²) in [7, 11) is 0. The molecule has 1 aliphatic rings. The van der Waals surface area contributed by atoms with E-state index in [-0.39, 0.29) is 0 Å². The average molecular weight is 756 g/mol. The first kappa shape index (κ1) is 31.9. The summed E-state index contributed by atoms with van der Waals surface area (Å²) in [6.07, 6.45) is 0. The summed E-state index contributed by atoms with van der Waals surface area (Å²) in [5.74, 6) is 0. The molecule has 1 aliphatic heterocycles. The lowest BCUT2D eigenvalue weighted by molar-refractivity contribution is 1.09. The minimum atomic E-state index is 1.15. The predicted molar refractivity (Wildman–Crippen MR) is 244 cm³/mol. The number of aromatic nitrogens is 3. The molecule has 0 amide bonds. The van der Waals surface area contributed by atoms with Crippen LogP contribution in [-0.4, -0.2) is 13.7 Å². The molecule has 0 spiro atoms. The summed E-state index contributed by atoms with van der Waals surface area (Å²) in [6.45, 7) is 0. The molecule has 270 valence electrons. The van der Waals surface area contributed by atoms with Crippen LogP contribution in [0.15, 0.2) is 210 Å². The Morgan fingerprint density at radius 1 is 0.293 bits per heavy atom. The average Bonchev–Trinajstić information content (AvgIpc) is 3.93. The molecule has 0 fully saturated rings. The fraction of sp³-hybridized carbons (Fsp3) is 0. The third-order valence-corrected chi connectivity index (χ3v) is 13.3. The first-order valence-corrected chi connectivity index (χ1v) is 20.7. The molecular formula is C54H33N3S. The molecule has 0 unspecified atom stereocenters. The summed E-state index contributed by atoms with van der Waals surface area (Å²) in [4.78, 5) is 2.59. The standard InChI is InChI=1S/C54H33N3S/c1-2-12-37(13-3-1)55-46-19-6-4-14-40(46)44-32-35(26-30-48(44)55)36-27-31-49-45(33-36)41-15-5-7-20-47(41)56(49)38-28-24-34(25-29-38)39-16-10-17-42-43-18-11-23-52-54(43)57(53(39)42)50-21-8-9-22-51(50)58-52/h1-33H. The fourth-order valence-electron chi connectivity index (χ4n) is 9.72. The molecule has 12 aromatic rings. The summed E-state index contributed by atoms with van der Waals surface area (Å²) in [5.41, 5.74) is 15.8. The van der Waals surface area contributed by atoms with E-state index in [2.05, 4.69) is 214 Å². The fourth-order valence-corrected chi connectivity index (χ4v) is 10.8. The second-order valence-corrected chi connectivity index (χ2v) is 16.4. The van der Waals surface area contributed by atoms with Crippen LogP contribution in [0.2, 0.25) is 0 Å². The summed E-state index contributed by atoms with van der Waals surface area (Å²) < 4.78 is 7.30. The summed E-state index contributed by atoms with van der Waals surface area (Å²) in [5, 5.41) is 7.61. The first-order valence-electron chi connectivity index (χ1n) is 19.8. The number of para-hydroxylation sites is 6. The van der Waals surface area contributed by atoms with Gasteiger partial charge in [-0.15, -0.1) is 0 Å². The first-order chi connectivity index (χ1) is 28.8. The van der Waals surface area contributed by atoms with Gasteiger partial charge in [0.2, 0.25) is 0 Å². The molecule has 58 heavy (non-hydrogen) atoms. The van der Waals surface area contributed by atoms with Gasteiger partial charge < -0.3 is 13.7 Å². The van der Waals surface area contributed by atoms with E-state index in [1.54, 1.807) is 0 Å². The molecular weight excluding hydrogens is 723 g/mol. The van der Waals surface area contributed by atoms with Crippen LogP contribution in [0.3, 0.4) is 0 Å². The molecule has 3 nitrogen and oxygen atoms in total. The maximum atomic E-state index is 2.50. The maximum Gasteiger partial charge on any atom is 0.0681 e. The topological polar surface area (TPSA) is 14.8 Å². The Morgan fingerprint density at radius 2 is 0.793 bits per heavy atom. The van der Waals surface area contributed by atoms with Crippen LogP contribution in [-0.2, 0) is 0 Å². The van der Waals surface area contributed by atoms with Gasteiger partial charge in [0, 0.05) is 59.0 Å². The van der Waals surface area contributed by atoms with Gasteiger partial charge >= 0.3 is 0 Å². The van der Waals surface area contributed by atoms with E-state index in [1.165, 1.54) is 109 Å². The Kier molecular flexibility index (Phi) is 6.66. The third kappa shape index (κ3) is 4.46. The Balaban J connectivity index is 0.944. The van der Waals surface area contributed by atoms with E-state index in [1.807, 2.05) is 11.8 Å². The molecule has 9 aromatic carbocycles. The SMILES string of the molecule is c1ccc(-n2c3ccccc3c3cc(-c4ccc5c(c4)c4ccccc4n5-c4ccc(-c5cccc6c7cccc8c7n(c56)-c5ccccc5S8)cc4)ccc32)cc1. The van der Waals surface area contributed by atoms with Crippen molar-refractivity contribution in [3.8, 4) is 39.3 Å². The Hall–Kier alpha value is -7.27. The third-order valence-electron chi connectivity index (χ3n) is 12.2. The monoisotopic (exact) mass is 755 g/mol. The van der Waals surface area contributed by atoms with Gasteiger partial charge in [0.1, 0.15) is 0 Å². The van der Waals surface area contributed by atoms with E-state index in [9.17, 15) is 0 Å². The second-order valence-electron chi connectivity index (χ2n) is 15.3. The van der Waals surface area contributed by atoms with E-state index in [0.717, 1.165) is 5.69 Å². The van der Waals surface area contributed by atoms with E-state index >= 15 is 0 Å². The predicted octanol–water partition coefficient (Wildman–Crippen LogP) is 14.8.